The number of quaternary nitrogens is 1. The third-order valence-corrected chi connectivity index (χ3v) is 4.24. The lowest BCUT2D eigenvalue weighted by Gasteiger charge is -2.35. The number of hydrogen-bond donors (Lipinski definition) is 1. The molecule has 0 amide bonds. The lowest BCUT2D eigenvalue weighted by Crippen LogP contribution is -2.86. The van der Waals surface area contributed by atoms with Gasteiger partial charge in [0.15, 0.2) is 0 Å². The molecule has 4 heteroatoms. The van der Waals surface area contributed by atoms with E-state index in [1.807, 2.05) is 39.8 Å². The molecule has 0 spiro atoms. The Bertz CT molecular complexity index is 488. The third-order valence-electron chi connectivity index (χ3n) is 4.24. The Labute approximate surface area is 133 Å². The molecule has 2 N–H and O–H groups in total. The Morgan fingerprint density at radius 1 is 1.18 bits per heavy atom. The average Bonchev–Trinajstić information content (AvgIpc) is 2.48. The predicted octanol–water partition coefficient (Wildman–Crippen LogP) is 2.38. The molecule has 1 saturated heterocycles. The first-order valence-corrected chi connectivity index (χ1v) is 8.20. The summed E-state index contributed by atoms with van der Waals surface area (Å²) >= 11 is 0. The molecule has 1 fully saturated rings. The van der Waals surface area contributed by atoms with Crippen LogP contribution in [0.5, 0.6) is 5.75 Å². The minimum atomic E-state index is -0.418. The van der Waals surface area contributed by atoms with E-state index in [-0.39, 0.29) is 12.1 Å². The van der Waals surface area contributed by atoms with Gasteiger partial charge in [0.05, 0.1) is 24.8 Å². The molecule has 1 aliphatic rings. The minimum Gasteiger partial charge on any atom is -0.491 e. The van der Waals surface area contributed by atoms with Gasteiger partial charge in [-0.15, -0.1) is 0 Å². The number of ether oxygens (including phenoxy) is 2. The summed E-state index contributed by atoms with van der Waals surface area (Å²) in [6, 6.07) is 7.17. The molecule has 1 aromatic carbocycles. The fourth-order valence-corrected chi connectivity index (χ4v) is 2.94. The van der Waals surface area contributed by atoms with Gasteiger partial charge in [-0.1, -0.05) is 0 Å². The first kappa shape index (κ1) is 16.8. The van der Waals surface area contributed by atoms with Crippen LogP contribution in [0.2, 0.25) is 0 Å². The maximum atomic E-state index is 12.4. The van der Waals surface area contributed by atoms with E-state index in [9.17, 15) is 4.79 Å². The molecule has 0 saturated carbocycles. The molecule has 4 nitrogen and oxygen atoms in total. The maximum absolute atomic E-state index is 12.4. The van der Waals surface area contributed by atoms with Crippen LogP contribution in [-0.2, 0) is 4.74 Å². The highest BCUT2D eigenvalue weighted by Gasteiger charge is 2.35. The van der Waals surface area contributed by atoms with Crippen molar-refractivity contribution in [1.82, 2.24) is 0 Å². The number of nitrogens with two attached hydrogens (primary N) is 1. The zero-order valence-corrected chi connectivity index (χ0v) is 14.1. The Hall–Kier alpha value is -1.55. The van der Waals surface area contributed by atoms with E-state index < -0.39 is 5.60 Å². The van der Waals surface area contributed by atoms with Crippen molar-refractivity contribution in [2.24, 2.45) is 5.92 Å². The molecule has 122 valence electrons. The van der Waals surface area contributed by atoms with Crippen LogP contribution < -0.4 is 10.1 Å². The molecule has 0 unspecified atom stereocenters. The lowest BCUT2D eigenvalue weighted by atomic mass is 9.83. The van der Waals surface area contributed by atoms with E-state index in [2.05, 4.69) is 5.32 Å². The van der Waals surface area contributed by atoms with Crippen molar-refractivity contribution in [3.8, 4) is 5.75 Å². The van der Waals surface area contributed by atoms with Gasteiger partial charge in [0.25, 0.3) is 0 Å². The highest BCUT2D eigenvalue weighted by atomic mass is 16.6. The minimum absolute atomic E-state index is 0.125. The monoisotopic (exact) mass is 306 g/mol. The molecule has 1 aromatic rings. The van der Waals surface area contributed by atoms with Gasteiger partial charge in [-0.2, -0.15) is 0 Å². The quantitative estimate of drug-likeness (QED) is 0.850. The second kappa shape index (κ2) is 7.14. The fourth-order valence-electron chi connectivity index (χ4n) is 2.94. The first-order chi connectivity index (χ1) is 10.4. The highest BCUT2D eigenvalue weighted by Crippen LogP contribution is 2.29. The van der Waals surface area contributed by atoms with E-state index in [1.165, 1.54) is 0 Å². The number of carbonyl (C=O) groups excluding carboxylic acids is 1. The summed E-state index contributed by atoms with van der Waals surface area (Å²) in [6.07, 6.45) is 2.32. The SMILES string of the molecule is CC(C)Oc1ccc(C(=O)OC(C)(C)C2CC[NH2+]CC2)cc1. The normalized spacial score (nSPS) is 16.6. The maximum Gasteiger partial charge on any atom is 0.338 e. The number of esters is 1. The van der Waals surface area contributed by atoms with Crippen molar-refractivity contribution in [3.05, 3.63) is 29.8 Å². The van der Waals surface area contributed by atoms with Crippen molar-refractivity contribution in [2.75, 3.05) is 13.1 Å². The van der Waals surface area contributed by atoms with Crippen LogP contribution in [0.1, 0.15) is 50.9 Å². The van der Waals surface area contributed by atoms with Crippen molar-refractivity contribution >= 4 is 5.97 Å². The Morgan fingerprint density at radius 2 is 1.77 bits per heavy atom. The van der Waals surface area contributed by atoms with Crippen LogP contribution in [0.15, 0.2) is 24.3 Å². The van der Waals surface area contributed by atoms with Crippen LogP contribution >= 0.6 is 0 Å². The Balaban J connectivity index is 1.98. The van der Waals surface area contributed by atoms with Crippen LogP contribution in [0.4, 0.5) is 0 Å². The molecule has 1 aliphatic heterocycles. The van der Waals surface area contributed by atoms with Crippen molar-refractivity contribution in [2.45, 2.75) is 52.2 Å². The second-order valence-corrected chi connectivity index (χ2v) is 6.82. The number of piperidine rings is 1. The molecule has 0 aliphatic carbocycles. The summed E-state index contributed by atoms with van der Waals surface area (Å²) in [5.74, 6) is 0.953. The molecule has 0 aromatic heterocycles. The van der Waals surface area contributed by atoms with E-state index in [4.69, 9.17) is 9.47 Å². The molecule has 22 heavy (non-hydrogen) atoms. The molecule has 0 bridgehead atoms. The number of rotatable bonds is 5. The Kier molecular flexibility index (Phi) is 5.46. The van der Waals surface area contributed by atoms with Gasteiger partial charge in [0.2, 0.25) is 0 Å². The largest absolute Gasteiger partial charge is 0.491 e. The van der Waals surface area contributed by atoms with E-state index in [0.717, 1.165) is 31.7 Å². The third kappa shape index (κ3) is 4.47. The molecular weight excluding hydrogens is 278 g/mol. The average molecular weight is 306 g/mol. The molecule has 1 heterocycles. The van der Waals surface area contributed by atoms with E-state index in [1.54, 1.807) is 12.1 Å². The number of carbonyl (C=O) groups is 1. The van der Waals surface area contributed by atoms with Gasteiger partial charge >= 0.3 is 5.97 Å². The number of benzene rings is 1. The molecular formula is C18H28NO3+. The summed E-state index contributed by atoms with van der Waals surface area (Å²) in [6.45, 7) is 10.2. The van der Waals surface area contributed by atoms with Gasteiger partial charge < -0.3 is 14.8 Å². The standard InChI is InChI=1S/C18H27NO3/c1-13(2)21-16-7-5-14(6-8-16)17(20)22-18(3,4)15-9-11-19-12-10-15/h5-8,13,15,19H,9-12H2,1-4H3/p+1. The summed E-state index contributed by atoms with van der Waals surface area (Å²) in [7, 11) is 0. The Morgan fingerprint density at radius 3 is 2.32 bits per heavy atom. The second-order valence-electron chi connectivity index (χ2n) is 6.82. The van der Waals surface area contributed by atoms with Gasteiger partial charge in [0, 0.05) is 18.8 Å². The topological polar surface area (TPSA) is 52.1 Å². The molecule has 0 radical (unpaired) electrons. The zero-order chi connectivity index (χ0) is 16.2. The zero-order valence-electron chi connectivity index (χ0n) is 14.1. The van der Waals surface area contributed by atoms with Gasteiger partial charge in [-0.25, -0.2) is 4.79 Å². The fraction of sp³-hybridized carbons (Fsp3) is 0.611. The summed E-state index contributed by atoms with van der Waals surface area (Å²) in [5.41, 5.74) is 0.157. The predicted molar refractivity (Wildman–Crippen MR) is 86.1 cm³/mol. The summed E-state index contributed by atoms with van der Waals surface area (Å²) < 4.78 is 11.4. The van der Waals surface area contributed by atoms with Crippen molar-refractivity contribution in [3.63, 3.8) is 0 Å². The van der Waals surface area contributed by atoms with Crippen LogP contribution in [0.3, 0.4) is 0 Å². The van der Waals surface area contributed by atoms with Gasteiger partial charge in [-0.05, 0) is 52.0 Å². The summed E-state index contributed by atoms with van der Waals surface area (Å²) in [5, 5.41) is 2.32. The van der Waals surface area contributed by atoms with Crippen LogP contribution in [-0.4, -0.2) is 30.8 Å². The van der Waals surface area contributed by atoms with Gasteiger partial charge in [0.1, 0.15) is 11.4 Å². The van der Waals surface area contributed by atoms with E-state index >= 15 is 0 Å². The van der Waals surface area contributed by atoms with Crippen molar-refractivity contribution < 1.29 is 19.6 Å². The number of hydrogen-bond acceptors (Lipinski definition) is 3. The highest BCUT2D eigenvalue weighted by molar-refractivity contribution is 5.89. The molecule has 2 rings (SSSR count). The van der Waals surface area contributed by atoms with Crippen LogP contribution in [0.25, 0.3) is 0 Å². The molecule has 0 atom stereocenters. The lowest BCUT2D eigenvalue weighted by molar-refractivity contribution is -0.665. The van der Waals surface area contributed by atoms with Gasteiger partial charge in [-0.3, -0.25) is 0 Å². The first-order valence-electron chi connectivity index (χ1n) is 8.20. The smallest absolute Gasteiger partial charge is 0.338 e. The summed E-state index contributed by atoms with van der Waals surface area (Å²) in [4.78, 5) is 12.4. The van der Waals surface area contributed by atoms with Crippen LogP contribution in [0, 0.1) is 5.92 Å². The van der Waals surface area contributed by atoms with E-state index in [0.29, 0.717) is 11.5 Å². The van der Waals surface area contributed by atoms with Crippen molar-refractivity contribution in [1.29, 1.82) is 0 Å².